The molecule has 1 spiro atoms. The number of carbonyl (C=O) groups excluding carboxylic acids is 1. The van der Waals surface area contributed by atoms with E-state index in [4.69, 9.17) is 4.74 Å². The Bertz CT molecular complexity index is 503. The Balaban J connectivity index is 1.70. The highest BCUT2D eigenvalue weighted by atomic mass is 16.5. The number of hydrogen-bond acceptors (Lipinski definition) is 3. The molecule has 0 radical (unpaired) electrons. The lowest BCUT2D eigenvalue weighted by atomic mass is 9.92. The van der Waals surface area contributed by atoms with Gasteiger partial charge in [-0.25, -0.2) is 4.98 Å². The van der Waals surface area contributed by atoms with Gasteiger partial charge in [0.25, 0.3) is 0 Å². The molecule has 21 heavy (non-hydrogen) atoms. The number of aromatic nitrogens is 2. The Labute approximate surface area is 126 Å². The maximum Gasteiger partial charge on any atom is 0.223 e. The predicted octanol–water partition coefficient (Wildman–Crippen LogP) is 2.53. The van der Waals surface area contributed by atoms with E-state index in [-0.39, 0.29) is 11.5 Å². The molecule has 0 unspecified atom stereocenters. The van der Waals surface area contributed by atoms with Crippen molar-refractivity contribution in [1.82, 2.24) is 14.5 Å². The highest BCUT2D eigenvalue weighted by molar-refractivity contribution is 5.76. The second-order valence-corrected chi connectivity index (χ2v) is 6.59. The highest BCUT2D eigenvalue weighted by Crippen LogP contribution is 2.36. The molecule has 0 aromatic carbocycles. The standard InChI is InChI=1S/C16H25N3O2/c1-13(2)19-12-17-10-14(19)11-18-8-7-16(5-3-9-21-16)6-4-15(18)20/h10,12-13H,3-9,11H2,1-2H3/t16-/m0/s1. The lowest BCUT2D eigenvalue weighted by molar-refractivity contribution is -0.131. The van der Waals surface area contributed by atoms with Gasteiger partial charge in [0, 0.05) is 31.8 Å². The molecule has 0 saturated carbocycles. The normalized spacial score (nSPS) is 26.8. The Kier molecular flexibility index (Phi) is 4.02. The van der Waals surface area contributed by atoms with Crippen LogP contribution in [0.25, 0.3) is 0 Å². The second kappa shape index (κ2) is 5.79. The van der Waals surface area contributed by atoms with Crippen molar-refractivity contribution in [3.8, 4) is 0 Å². The largest absolute Gasteiger partial charge is 0.375 e. The van der Waals surface area contributed by atoms with Gasteiger partial charge in [-0.1, -0.05) is 0 Å². The molecule has 5 nitrogen and oxygen atoms in total. The first-order chi connectivity index (χ1) is 10.1. The minimum absolute atomic E-state index is 0.0251. The zero-order valence-electron chi connectivity index (χ0n) is 13.0. The molecule has 0 aliphatic carbocycles. The Hall–Kier alpha value is -1.36. The molecule has 0 bridgehead atoms. The van der Waals surface area contributed by atoms with E-state index in [1.807, 2.05) is 17.4 Å². The fourth-order valence-electron chi connectivity index (χ4n) is 3.51. The van der Waals surface area contributed by atoms with Crippen LogP contribution < -0.4 is 0 Å². The molecular weight excluding hydrogens is 266 g/mol. The summed E-state index contributed by atoms with van der Waals surface area (Å²) in [6.45, 7) is 6.58. The fraction of sp³-hybridized carbons (Fsp3) is 0.750. The molecule has 2 fully saturated rings. The molecule has 2 aliphatic rings. The molecule has 1 aromatic rings. The summed E-state index contributed by atoms with van der Waals surface area (Å²) in [4.78, 5) is 18.6. The van der Waals surface area contributed by atoms with Crippen molar-refractivity contribution in [2.24, 2.45) is 0 Å². The van der Waals surface area contributed by atoms with Crippen molar-refractivity contribution in [3.63, 3.8) is 0 Å². The number of carbonyl (C=O) groups is 1. The molecule has 1 aromatic heterocycles. The maximum atomic E-state index is 12.4. The molecule has 3 heterocycles. The average molecular weight is 291 g/mol. The van der Waals surface area contributed by atoms with Crippen molar-refractivity contribution < 1.29 is 9.53 Å². The van der Waals surface area contributed by atoms with Gasteiger partial charge in [0.2, 0.25) is 5.91 Å². The smallest absolute Gasteiger partial charge is 0.223 e. The van der Waals surface area contributed by atoms with Crippen molar-refractivity contribution in [2.45, 2.75) is 64.1 Å². The van der Waals surface area contributed by atoms with Crippen LogP contribution >= 0.6 is 0 Å². The van der Waals surface area contributed by atoms with Gasteiger partial charge >= 0.3 is 0 Å². The van der Waals surface area contributed by atoms with Gasteiger partial charge in [0.05, 0.1) is 24.2 Å². The number of amides is 1. The molecule has 116 valence electrons. The zero-order chi connectivity index (χ0) is 14.9. The van der Waals surface area contributed by atoms with Gasteiger partial charge in [-0.2, -0.15) is 0 Å². The van der Waals surface area contributed by atoms with E-state index in [0.717, 1.165) is 44.5 Å². The Morgan fingerprint density at radius 2 is 2.24 bits per heavy atom. The summed E-state index contributed by atoms with van der Waals surface area (Å²) in [5.74, 6) is 0.249. The molecular formula is C16H25N3O2. The van der Waals surface area contributed by atoms with Gasteiger partial charge < -0.3 is 14.2 Å². The van der Waals surface area contributed by atoms with Crippen LogP contribution in [0.2, 0.25) is 0 Å². The number of hydrogen-bond donors (Lipinski definition) is 0. The van der Waals surface area contributed by atoms with Crippen molar-refractivity contribution in [3.05, 3.63) is 18.2 Å². The summed E-state index contributed by atoms with van der Waals surface area (Å²) < 4.78 is 8.10. The van der Waals surface area contributed by atoms with Crippen molar-refractivity contribution in [1.29, 1.82) is 0 Å². The van der Waals surface area contributed by atoms with Crippen LogP contribution in [0.4, 0.5) is 0 Å². The molecule has 5 heteroatoms. The molecule has 0 N–H and O–H groups in total. The number of nitrogens with zero attached hydrogens (tertiary/aromatic N) is 3. The first-order valence-electron chi connectivity index (χ1n) is 8.02. The predicted molar refractivity (Wildman–Crippen MR) is 79.8 cm³/mol. The number of rotatable bonds is 3. The van der Waals surface area contributed by atoms with Crippen LogP contribution in [0.3, 0.4) is 0 Å². The van der Waals surface area contributed by atoms with E-state index in [9.17, 15) is 4.79 Å². The Morgan fingerprint density at radius 1 is 1.38 bits per heavy atom. The van der Waals surface area contributed by atoms with Crippen molar-refractivity contribution in [2.75, 3.05) is 13.2 Å². The molecule has 3 rings (SSSR count). The van der Waals surface area contributed by atoms with Crippen LogP contribution in [-0.4, -0.2) is 39.1 Å². The van der Waals surface area contributed by atoms with Gasteiger partial charge in [0.1, 0.15) is 0 Å². The summed E-state index contributed by atoms with van der Waals surface area (Å²) >= 11 is 0. The third-order valence-corrected chi connectivity index (χ3v) is 4.82. The third kappa shape index (κ3) is 2.98. The number of imidazole rings is 1. The first kappa shape index (κ1) is 14.6. The van der Waals surface area contributed by atoms with E-state index in [0.29, 0.717) is 19.0 Å². The topological polar surface area (TPSA) is 47.4 Å². The molecule has 1 atom stereocenters. The van der Waals surface area contributed by atoms with Gasteiger partial charge in [-0.05, 0) is 39.5 Å². The molecule has 2 saturated heterocycles. The number of ether oxygens (including phenoxy) is 1. The summed E-state index contributed by atoms with van der Waals surface area (Å²) in [6, 6.07) is 0.370. The van der Waals surface area contributed by atoms with Gasteiger partial charge in [0.15, 0.2) is 0 Å². The van der Waals surface area contributed by atoms with Gasteiger partial charge in [-0.3, -0.25) is 4.79 Å². The van der Waals surface area contributed by atoms with Gasteiger partial charge in [-0.15, -0.1) is 0 Å². The van der Waals surface area contributed by atoms with E-state index >= 15 is 0 Å². The maximum absolute atomic E-state index is 12.4. The van der Waals surface area contributed by atoms with Crippen LogP contribution in [-0.2, 0) is 16.1 Å². The summed E-state index contributed by atoms with van der Waals surface area (Å²) in [5.41, 5.74) is 1.09. The molecule has 1 amide bonds. The van der Waals surface area contributed by atoms with Crippen LogP contribution in [0, 0.1) is 0 Å². The quantitative estimate of drug-likeness (QED) is 0.859. The van der Waals surface area contributed by atoms with Crippen LogP contribution in [0.1, 0.15) is 57.7 Å². The first-order valence-corrected chi connectivity index (χ1v) is 8.02. The average Bonchev–Trinajstić information content (AvgIpc) is 3.07. The van der Waals surface area contributed by atoms with E-state index in [2.05, 4.69) is 23.4 Å². The molecule has 2 aliphatic heterocycles. The zero-order valence-corrected chi connectivity index (χ0v) is 13.0. The van der Waals surface area contributed by atoms with E-state index < -0.39 is 0 Å². The lowest BCUT2D eigenvalue weighted by Crippen LogP contribution is -2.32. The lowest BCUT2D eigenvalue weighted by Gasteiger charge is -2.27. The summed E-state index contributed by atoms with van der Waals surface area (Å²) in [5, 5.41) is 0. The van der Waals surface area contributed by atoms with Crippen LogP contribution in [0.5, 0.6) is 0 Å². The third-order valence-electron chi connectivity index (χ3n) is 4.82. The second-order valence-electron chi connectivity index (χ2n) is 6.59. The Morgan fingerprint density at radius 3 is 2.95 bits per heavy atom. The van der Waals surface area contributed by atoms with E-state index in [1.54, 1.807) is 0 Å². The SMILES string of the molecule is CC(C)n1cncc1CN1CC[C@]2(CCCO2)CCC1=O. The fourth-order valence-corrected chi connectivity index (χ4v) is 3.51. The summed E-state index contributed by atoms with van der Waals surface area (Å²) in [7, 11) is 0. The number of likely N-dealkylation sites (tertiary alicyclic amines) is 1. The van der Waals surface area contributed by atoms with Crippen molar-refractivity contribution >= 4 is 5.91 Å². The van der Waals surface area contributed by atoms with E-state index in [1.165, 1.54) is 0 Å². The summed E-state index contributed by atoms with van der Waals surface area (Å²) in [6.07, 6.45) is 8.42. The van der Waals surface area contributed by atoms with Crippen LogP contribution in [0.15, 0.2) is 12.5 Å². The minimum atomic E-state index is -0.0251. The minimum Gasteiger partial charge on any atom is -0.375 e. The highest BCUT2D eigenvalue weighted by Gasteiger charge is 2.38. The monoisotopic (exact) mass is 291 g/mol.